The highest BCUT2D eigenvalue weighted by Crippen LogP contribution is 2.24. The van der Waals surface area contributed by atoms with Crippen molar-refractivity contribution in [2.45, 2.75) is 13.0 Å². The number of para-hydroxylation sites is 1. The molecule has 2 heterocycles. The van der Waals surface area contributed by atoms with E-state index in [1.54, 1.807) is 19.2 Å². The summed E-state index contributed by atoms with van der Waals surface area (Å²) in [5, 5.41) is 7.63. The maximum absolute atomic E-state index is 12.3. The molecule has 2 aromatic carbocycles. The number of rotatable bonds is 6. The lowest BCUT2D eigenvalue weighted by Gasteiger charge is -2.05. The van der Waals surface area contributed by atoms with Crippen molar-refractivity contribution in [3.63, 3.8) is 0 Å². The number of hydrogen-bond acceptors (Lipinski definition) is 5. The van der Waals surface area contributed by atoms with Crippen molar-refractivity contribution in [2.75, 3.05) is 7.11 Å². The first-order valence-electron chi connectivity index (χ1n) is 9.10. The van der Waals surface area contributed by atoms with Crippen molar-refractivity contribution in [3.05, 3.63) is 82.3 Å². The number of amides is 1. The molecular formula is C22H19N3O4. The lowest BCUT2D eigenvalue weighted by Crippen LogP contribution is -2.28. The Morgan fingerprint density at radius 2 is 2.00 bits per heavy atom. The first kappa shape index (κ1) is 18.5. The number of benzene rings is 2. The summed E-state index contributed by atoms with van der Waals surface area (Å²) in [6.45, 7) is 0.138. The summed E-state index contributed by atoms with van der Waals surface area (Å²) in [6, 6.07) is 18.4. The van der Waals surface area contributed by atoms with E-state index in [4.69, 9.17) is 9.26 Å². The molecule has 0 aliphatic rings. The van der Waals surface area contributed by atoms with E-state index in [9.17, 15) is 9.59 Å². The van der Waals surface area contributed by atoms with Crippen LogP contribution >= 0.6 is 0 Å². The molecule has 4 aromatic rings. The summed E-state index contributed by atoms with van der Waals surface area (Å²) < 4.78 is 10.5. The molecule has 0 saturated heterocycles. The Labute approximate surface area is 166 Å². The Morgan fingerprint density at radius 1 is 1.14 bits per heavy atom. The zero-order valence-electron chi connectivity index (χ0n) is 15.8. The van der Waals surface area contributed by atoms with Gasteiger partial charge in [0.1, 0.15) is 5.75 Å². The fourth-order valence-corrected chi connectivity index (χ4v) is 3.05. The highest BCUT2D eigenvalue weighted by Gasteiger charge is 2.12. The Kier molecular flexibility index (Phi) is 5.11. The van der Waals surface area contributed by atoms with Gasteiger partial charge < -0.3 is 19.6 Å². The Morgan fingerprint density at radius 3 is 2.86 bits per heavy atom. The minimum Gasteiger partial charge on any atom is -0.497 e. The van der Waals surface area contributed by atoms with E-state index in [0.717, 1.165) is 16.5 Å². The van der Waals surface area contributed by atoms with Gasteiger partial charge in [0.15, 0.2) is 5.76 Å². The standard InChI is InChI=1S/C22H19N3O4/c1-28-18-7-4-6-15(10-18)20-11-17(25-29-20)12-21(26)23-13-16-9-14-5-2-3-8-19(14)24-22(16)27/h2-11H,12-13H2,1H3,(H,23,26)(H,24,27). The van der Waals surface area contributed by atoms with Crippen LogP contribution in [0.4, 0.5) is 0 Å². The molecule has 0 aliphatic carbocycles. The average Bonchev–Trinajstić information content (AvgIpc) is 3.20. The summed E-state index contributed by atoms with van der Waals surface area (Å²) in [5.74, 6) is 1.01. The maximum Gasteiger partial charge on any atom is 0.253 e. The lowest BCUT2D eigenvalue weighted by atomic mass is 10.1. The fourth-order valence-electron chi connectivity index (χ4n) is 3.05. The van der Waals surface area contributed by atoms with Crippen molar-refractivity contribution in [1.29, 1.82) is 0 Å². The number of H-pyrrole nitrogens is 1. The smallest absolute Gasteiger partial charge is 0.253 e. The van der Waals surface area contributed by atoms with Crippen molar-refractivity contribution < 1.29 is 14.1 Å². The molecule has 7 heteroatoms. The first-order valence-corrected chi connectivity index (χ1v) is 9.10. The summed E-state index contributed by atoms with van der Waals surface area (Å²) in [4.78, 5) is 27.3. The number of methoxy groups -OCH3 is 1. The number of carbonyl (C=O) groups is 1. The quantitative estimate of drug-likeness (QED) is 0.528. The third-order valence-corrected chi connectivity index (χ3v) is 4.56. The normalized spacial score (nSPS) is 10.8. The Balaban J connectivity index is 1.41. The van der Waals surface area contributed by atoms with Gasteiger partial charge in [-0.25, -0.2) is 0 Å². The molecular weight excluding hydrogens is 370 g/mol. The largest absolute Gasteiger partial charge is 0.497 e. The molecule has 4 rings (SSSR count). The second-order valence-electron chi connectivity index (χ2n) is 6.58. The second kappa shape index (κ2) is 8.02. The SMILES string of the molecule is COc1cccc(-c2cc(CC(=O)NCc3cc4ccccc4[nH]c3=O)no2)c1. The van der Waals surface area contributed by atoms with Gasteiger partial charge in [-0.05, 0) is 29.7 Å². The molecule has 7 nitrogen and oxygen atoms in total. The molecule has 2 aromatic heterocycles. The highest BCUT2D eigenvalue weighted by atomic mass is 16.5. The maximum atomic E-state index is 12.3. The third kappa shape index (κ3) is 4.19. The number of aromatic nitrogens is 2. The van der Waals surface area contributed by atoms with Gasteiger partial charge in [0, 0.05) is 29.3 Å². The van der Waals surface area contributed by atoms with Gasteiger partial charge in [0.2, 0.25) is 5.91 Å². The van der Waals surface area contributed by atoms with Crippen LogP contribution < -0.4 is 15.6 Å². The Hall–Kier alpha value is -3.87. The van der Waals surface area contributed by atoms with Gasteiger partial charge >= 0.3 is 0 Å². The van der Waals surface area contributed by atoms with E-state index in [1.807, 2.05) is 48.5 Å². The molecule has 0 unspecified atom stereocenters. The monoisotopic (exact) mass is 389 g/mol. The molecule has 0 saturated carbocycles. The molecule has 0 aliphatic heterocycles. The lowest BCUT2D eigenvalue weighted by molar-refractivity contribution is -0.120. The zero-order chi connectivity index (χ0) is 20.2. The van der Waals surface area contributed by atoms with Crippen LogP contribution in [0.3, 0.4) is 0 Å². The average molecular weight is 389 g/mol. The molecule has 0 fully saturated rings. The van der Waals surface area contributed by atoms with Crippen molar-refractivity contribution >= 4 is 16.8 Å². The minimum atomic E-state index is -0.247. The molecule has 0 spiro atoms. The van der Waals surface area contributed by atoms with Gasteiger partial charge in [0.25, 0.3) is 5.56 Å². The number of fused-ring (bicyclic) bond motifs is 1. The van der Waals surface area contributed by atoms with Crippen LogP contribution in [0.5, 0.6) is 5.75 Å². The predicted octanol–water partition coefficient (Wildman–Crippen LogP) is 3.05. The molecule has 0 atom stereocenters. The second-order valence-corrected chi connectivity index (χ2v) is 6.58. The van der Waals surface area contributed by atoms with Crippen molar-refractivity contribution in [2.24, 2.45) is 0 Å². The number of pyridine rings is 1. The van der Waals surface area contributed by atoms with E-state index < -0.39 is 0 Å². The number of nitrogens with one attached hydrogen (secondary N) is 2. The topological polar surface area (TPSA) is 97.2 Å². The van der Waals surface area contributed by atoms with Gasteiger partial charge in [-0.1, -0.05) is 35.5 Å². The molecule has 0 bridgehead atoms. The highest BCUT2D eigenvalue weighted by molar-refractivity contribution is 5.80. The molecule has 146 valence electrons. The molecule has 1 amide bonds. The fraction of sp³-hybridized carbons (Fsp3) is 0.136. The summed E-state index contributed by atoms with van der Waals surface area (Å²) >= 11 is 0. The Bertz CT molecular complexity index is 1230. The van der Waals surface area contributed by atoms with E-state index in [1.165, 1.54) is 0 Å². The predicted molar refractivity (Wildman–Crippen MR) is 109 cm³/mol. The van der Waals surface area contributed by atoms with Crippen LogP contribution in [-0.2, 0) is 17.8 Å². The number of hydrogen-bond donors (Lipinski definition) is 2. The van der Waals surface area contributed by atoms with Gasteiger partial charge in [-0.15, -0.1) is 0 Å². The van der Waals surface area contributed by atoms with Crippen LogP contribution in [0.1, 0.15) is 11.3 Å². The molecule has 29 heavy (non-hydrogen) atoms. The van der Waals surface area contributed by atoms with Crippen LogP contribution in [0, 0.1) is 0 Å². The summed E-state index contributed by atoms with van der Waals surface area (Å²) in [5.41, 5.74) is 2.36. The number of aromatic amines is 1. The zero-order valence-corrected chi connectivity index (χ0v) is 15.8. The summed E-state index contributed by atoms with van der Waals surface area (Å²) in [6.07, 6.45) is 0.0545. The number of carbonyl (C=O) groups excluding carboxylic acids is 1. The van der Waals surface area contributed by atoms with E-state index in [2.05, 4.69) is 15.5 Å². The van der Waals surface area contributed by atoms with Crippen LogP contribution in [0.25, 0.3) is 22.2 Å². The van der Waals surface area contributed by atoms with Crippen LogP contribution in [-0.4, -0.2) is 23.2 Å². The van der Waals surface area contributed by atoms with Gasteiger partial charge in [-0.2, -0.15) is 0 Å². The number of nitrogens with zero attached hydrogens (tertiary/aromatic N) is 1. The minimum absolute atomic E-state index is 0.0545. The van der Waals surface area contributed by atoms with Crippen molar-refractivity contribution in [3.8, 4) is 17.1 Å². The molecule has 0 radical (unpaired) electrons. The molecule has 2 N–H and O–H groups in total. The number of ether oxygens (including phenoxy) is 1. The summed E-state index contributed by atoms with van der Waals surface area (Å²) in [7, 11) is 1.59. The van der Waals surface area contributed by atoms with E-state index in [0.29, 0.717) is 22.8 Å². The van der Waals surface area contributed by atoms with Crippen molar-refractivity contribution in [1.82, 2.24) is 15.5 Å². The van der Waals surface area contributed by atoms with Gasteiger partial charge in [-0.3, -0.25) is 9.59 Å². The first-order chi connectivity index (χ1) is 14.1. The van der Waals surface area contributed by atoms with Crippen LogP contribution in [0.15, 0.2) is 70.0 Å². The van der Waals surface area contributed by atoms with E-state index >= 15 is 0 Å². The third-order valence-electron chi connectivity index (χ3n) is 4.56. The van der Waals surface area contributed by atoms with E-state index in [-0.39, 0.29) is 24.4 Å². The van der Waals surface area contributed by atoms with Crippen LogP contribution in [0.2, 0.25) is 0 Å². The van der Waals surface area contributed by atoms with Gasteiger partial charge in [0.05, 0.1) is 19.2 Å².